The molecule has 0 atom stereocenters. The zero-order valence-electron chi connectivity index (χ0n) is 8.21. The van der Waals surface area contributed by atoms with Crippen molar-refractivity contribution in [3.05, 3.63) is 23.3 Å². The van der Waals surface area contributed by atoms with Gasteiger partial charge in [-0.25, -0.2) is 0 Å². The smallest absolute Gasteiger partial charge is 0.123 e. The first-order chi connectivity index (χ1) is 6.95. The van der Waals surface area contributed by atoms with Crippen molar-refractivity contribution < 1.29 is 9.47 Å². The van der Waals surface area contributed by atoms with E-state index in [1.807, 2.05) is 0 Å². The quantitative estimate of drug-likeness (QED) is 0.625. The van der Waals surface area contributed by atoms with Crippen molar-refractivity contribution in [2.75, 3.05) is 13.2 Å². The van der Waals surface area contributed by atoms with Crippen LogP contribution in [0.1, 0.15) is 24.0 Å². The minimum atomic E-state index is 0.868. The summed E-state index contributed by atoms with van der Waals surface area (Å²) in [5, 5.41) is 0. The molecule has 3 rings (SSSR count). The molecule has 0 spiro atoms. The van der Waals surface area contributed by atoms with E-state index in [4.69, 9.17) is 9.47 Å². The third-order valence-corrected chi connectivity index (χ3v) is 3.00. The lowest BCUT2D eigenvalue weighted by Crippen LogP contribution is -2.15. The highest BCUT2D eigenvalue weighted by Gasteiger charge is 2.20. The molecule has 0 bridgehead atoms. The molecule has 2 aliphatic rings. The van der Waals surface area contributed by atoms with Crippen LogP contribution in [0.5, 0.6) is 11.5 Å². The molecule has 0 saturated carbocycles. The van der Waals surface area contributed by atoms with Gasteiger partial charge in [-0.05, 0) is 37.8 Å². The van der Waals surface area contributed by atoms with Gasteiger partial charge in [-0.1, -0.05) is 0 Å². The molecule has 2 heterocycles. The molecule has 0 radical (unpaired) electrons. The van der Waals surface area contributed by atoms with Crippen LogP contribution in [0.25, 0.3) is 0 Å². The second-order valence-corrected chi connectivity index (χ2v) is 3.92. The van der Waals surface area contributed by atoms with E-state index >= 15 is 0 Å². The Morgan fingerprint density at radius 3 is 1.79 bits per heavy atom. The summed E-state index contributed by atoms with van der Waals surface area (Å²) >= 11 is 0. The van der Waals surface area contributed by atoms with E-state index in [0.717, 1.165) is 50.4 Å². The SMILES string of the molecule is c1cc2c(c3c1OCCC3)CCCO2. The fourth-order valence-electron chi connectivity index (χ4n) is 2.33. The summed E-state index contributed by atoms with van der Waals surface area (Å²) in [5.41, 5.74) is 2.79. The average molecular weight is 190 g/mol. The highest BCUT2D eigenvalue weighted by Crippen LogP contribution is 2.36. The first kappa shape index (κ1) is 8.16. The maximum absolute atomic E-state index is 5.63. The van der Waals surface area contributed by atoms with Crippen LogP contribution in [0.15, 0.2) is 12.1 Å². The summed E-state index contributed by atoms with van der Waals surface area (Å²) in [6.45, 7) is 1.74. The van der Waals surface area contributed by atoms with Gasteiger partial charge in [-0.15, -0.1) is 0 Å². The van der Waals surface area contributed by atoms with Gasteiger partial charge in [-0.3, -0.25) is 0 Å². The molecule has 74 valence electrons. The summed E-state index contributed by atoms with van der Waals surface area (Å²) < 4.78 is 11.3. The summed E-state index contributed by atoms with van der Waals surface area (Å²) in [6, 6.07) is 4.11. The molecule has 0 aliphatic carbocycles. The van der Waals surface area contributed by atoms with Crippen LogP contribution in [0.2, 0.25) is 0 Å². The Hall–Kier alpha value is -1.18. The maximum Gasteiger partial charge on any atom is 0.123 e. The van der Waals surface area contributed by atoms with Crippen molar-refractivity contribution >= 4 is 0 Å². The molecule has 0 amide bonds. The number of hydrogen-bond donors (Lipinski definition) is 0. The zero-order valence-corrected chi connectivity index (χ0v) is 8.21. The van der Waals surface area contributed by atoms with Gasteiger partial charge in [0.05, 0.1) is 13.2 Å². The fraction of sp³-hybridized carbons (Fsp3) is 0.500. The van der Waals surface area contributed by atoms with E-state index in [-0.39, 0.29) is 0 Å². The van der Waals surface area contributed by atoms with Gasteiger partial charge in [0.1, 0.15) is 11.5 Å². The Morgan fingerprint density at radius 2 is 1.29 bits per heavy atom. The van der Waals surface area contributed by atoms with Crippen LogP contribution in [0.3, 0.4) is 0 Å². The lowest BCUT2D eigenvalue weighted by Gasteiger charge is -2.25. The minimum absolute atomic E-state index is 0.868. The Balaban J connectivity index is 2.12. The molecule has 2 heteroatoms. The lowest BCUT2D eigenvalue weighted by atomic mass is 9.95. The highest BCUT2D eigenvalue weighted by molar-refractivity contribution is 5.50. The molecule has 2 aliphatic heterocycles. The third kappa shape index (κ3) is 1.17. The van der Waals surface area contributed by atoms with Crippen LogP contribution >= 0.6 is 0 Å². The largest absolute Gasteiger partial charge is 0.493 e. The minimum Gasteiger partial charge on any atom is -0.493 e. The first-order valence-corrected chi connectivity index (χ1v) is 5.35. The highest BCUT2D eigenvalue weighted by atomic mass is 16.5. The van der Waals surface area contributed by atoms with E-state index in [1.165, 1.54) is 11.1 Å². The third-order valence-electron chi connectivity index (χ3n) is 3.00. The van der Waals surface area contributed by atoms with Gasteiger partial charge in [-0.2, -0.15) is 0 Å². The monoisotopic (exact) mass is 190 g/mol. The molecule has 0 aromatic heterocycles. The van der Waals surface area contributed by atoms with Gasteiger partial charge >= 0.3 is 0 Å². The topological polar surface area (TPSA) is 18.5 Å². The molecule has 2 nitrogen and oxygen atoms in total. The number of fused-ring (bicyclic) bond motifs is 3. The molecule has 1 aromatic carbocycles. The molecule has 0 saturated heterocycles. The standard InChI is InChI=1S/C12H14O2/c1-3-9-10-4-2-8-14-12(10)6-5-11(9)13-7-1/h5-6H,1-4,7-8H2. The van der Waals surface area contributed by atoms with Gasteiger partial charge in [0.25, 0.3) is 0 Å². The predicted molar refractivity (Wildman–Crippen MR) is 54.1 cm³/mol. The van der Waals surface area contributed by atoms with E-state index in [2.05, 4.69) is 12.1 Å². The van der Waals surface area contributed by atoms with Crippen molar-refractivity contribution in [2.45, 2.75) is 25.7 Å². The second-order valence-electron chi connectivity index (χ2n) is 3.92. The molecule has 14 heavy (non-hydrogen) atoms. The molecule has 0 N–H and O–H groups in total. The Morgan fingerprint density at radius 1 is 0.786 bits per heavy atom. The number of benzene rings is 1. The van der Waals surface area contributed by atoms with E-state index in [1.54, 1.807) is 0 Å². The van der Waals surface area contributed by atoms with Crippen LogP contribution in [0, 0.1) is 0 Å². The first-order valence-electron chi connectivity index (χ1n) is 5.35. The van der Waals surface area contributed by atoms with Gasteiger partial charge in [0, 0.05) is 11.1 Å². The maximum atomic E-state index is 5.63. The molecule has 0 unspecified atom stereocenters. The van der Waals surface area contributed by atoms with Gasteiger partial charge < -0.3 is 9.47 Å². The molecule has 0 fully saturated rings. The summed E-state index contributed by atoms with van der Waals surface area (Å²) in [4.78, 5) is 0. The number of ether oxygens (including phenoxy) is 2. The van der Waals surface area contributed by atoms with Gasteiger partial charge in [0.15, 0.2) is 0 Å². The number of rotatable bonds is 0. The van der Waals surface area contributed by atoms with Crippen molar-refractivity contribution in [3.8, 4) is 11.5 Å². The van der Waals surface area contributed by atoms with Gasteiger partial charge in [0.2, 0.25) is 0 Å². The van der Waals surface area contributed by atoms with Crippen molar-refractivity contribution in [2.24, 2.45) is 0 Å². The second kappa shape index (κ2) is 3.19. The Labute approximate surface area is 83.8 Å². The van der Waals surface area contributed by atoms with Crippen LogP contribution in [0.4, 0.5) is 0 Å². The Bertz CT molecular complexity index is 323. The van der Waals surface area contributed by atoms with Crippen LogP contribution < -0.4 is 9.47 Å². The zero-order chi connectivity index (χ0) is 9.38. The summed E-state index contributed by atoms with van der Waals surface area (Å²) in [5.74, 6) is 2.17. The van der Waals surface area contributed by atoms with Crippen LogP contribution in [-0.2, 0) is 12.8 Å². The van der Waals surface area contributed by atoms with Crippen molar-refractivity contribution in [1.29, 1.82) is 0 Å². The van der Waals surface area contributed by atoms with Crippen LogP contribution in [-0.4, -0.2) is 13.2 Å². The number of hydrogen-bond acceptors (Lipinski definition) is 2. The van der Waals surface area contributed by atoms with Crippen molar-refractivity contribution in [1.82, 2.24) is 0 Å². The molecule has 1 aromatic rings. The normalized spacial score (nSPS) is 18.9. The fourth-order valence-corrected chi connectivity index (χ4v) is 2.33. The molecular weight excluding hydrogens is 176 g/mol. The van der Waals surface area contributed by atoms with E-state index < -0.39 is 0 Å². The summed E-state index contributed by atoms with van der Waals surface area (Å²) in [7, 11) is 0. The van der Waals surface area contributed by atoms with Crippen molar-refractivity contribution in [3.63, 3.8) is 0 Å². The summed E-state index contributed by atoms with van der Waals surface area (Å²) in [6.07, 6.45) is 4.59. The van der Waals surface area contributed by atoms with E-state index in [0.29, 0.717) is 0 Å². The average Bonchev–Trinajstić information content (AvgIpc) is 2.29. The predicted octanol–water partition coefficient (Wildman–Crippen LogP) is 2.34. The Kier molecular flexibility index (Phi) is 1.86. The lowest BCUT2D eigenvalue weighted by molar-refractivity contribution is 0.270. The van der Waals surface area contributed by atoms with E-state index in [9.17, 15) is 0 Å². The molecular formula is C12H14O2.